The molecule has 0 atom stereocenters. The standard InChI is InChI=1S/C26H27BrN2O4/c1-18(2)21-10-6-7-11-23(21)33-17-25(30)28-29-26(31)22-16-20(27)12-13-24(22)32-15-14-19-8-4-3-5-9-19/h3-13,16,18H,14-15,17H2,1-2H3,(H,28,30)(H,29,31). The summed E-state index contributed by atoms with van der Waals surface area (Å²) in [6.07, 6.45) is 0.712. The molecule has 0 aliphatic rings. The van der Waals surface area contributed by atoms with E-state index >= 15 is 0 Å². The Kier molecular flexibility index (Phi) is 8.89. The number of benzene rings is 3. The lowest BCUT2D eigenvalue weighted by Gasteiger charge is -2.15. The molecule has 7 heteroatoms. The van der Waals surface area contributed by atoms with Crippen molar-refractivity contribution in [2.75, 3.05) is 13.2 Å². The van der Waals surface area contributed by atoms with E-state index in [1.54, 1.807) is 18.2 Å². The van der Waals surface area contributed by atoms with Crippen LogP contribution in [0.25, 0.3) is 0 Å². The molecule has 0 aliphatic carbocycles. The van der Waals surface area contributed by atoms with E-state index < -0.39 is 11.8 Å². The smallest absolute Gasteiger partial charge is 0.276 e. The normalized spacial score (nSPS) is 10.5. The highest BCUT2D eigenvalue weighted by Gasteiger charge is 2.15. The molecule has 0 aliphatic heterocycles. The number of hydrogen-bond acceptors (Lipinski definition) is 4. The average Bonchev–Trinajstić information content (AvgIpc) is 2.82. The number of hydrogen-bond donors (Lipinski definition) is 2. The number of nitrogens with one attached hydrogen (secondary N) is 2. The molecular formula is C26H27BrN2O4. The Labute approximate surface area is 202 Å². The van der Waals surface area contributed by atoms with Gasteiger partial charge in [0.25, 0.3) is 11.8 Å². The fourth-order valence-corrected chi connectivity index (χ4v) is 3.55. The monoisotopic (exact) mass is 510 g/mol. The molecule has 33 heavy (non-hydrogen) atoms. The van der Waals surface area contributed by atoms with Crippen LogP contribution in [-0.2, 0) is 11.2 Å². The van der Waals surface area contributed by atoms with Crippen molar-refractivity contribution in [3.05, 3.63) is 94.0 Å². The first kappa shape index (κ1) is 24.3. The van der Waals surface area contributed by atoms with Crippen LogP contribution < -0.4 is 20.3 Å². The van der Waals surface area contributed by atoms with E-state index in [1.807, 2.05) is 54.6 Å². The fraction of sp³-hybridized carbons (Fsp3) is 0.231. The Morgan fingerprint density at radius 3 is 2.36 bits per heavy atom. The molecule has 0 radical (unpaired) electrons. The van der Waals surface area contributed by atoms with Gasteiger partial charge in [0.15, 0.2) is 6.61 Å². The Bertz CT molecular complexity index is 1090. The highest BCUT2D eigenvalue weighted by molar-refractivity contribution is 9.10. The summed E-state index contributed by atoms with van der Waals surface area (Å²) in [4.78, 5) is 24.9. The van der Waals surface area contributed by atoms with Crippen LogP contribution in [0.3, 0.4) is 0 Å². The molecule has 0 aromatic heterocycles. The molecule has 0 spiro atoms. The predicted octanol–water partition coefficient (Wildman–Crippen LogP) is 5.03. The van der Waals surface area contributed by atoms with Crippen molar-refractivity contribution in [3.8, 4) is 11.5 Å². The van der Waals surface area contributed by atoms with Crippen LogP contribution in [0, 0.1) is 0 Å². The zero-order valence-electron chi connectivity index (χ0n) is 18.6. The lowest BCUT2D eigenvalue weighted by atomic mass is 10.0. The van der Waals surface area contributed by atoms with Crippen molar-refractivity contribution in [2.45, 2.75) is 26.2 Å². The number of carbonyl (C=O) groups excluding carboxylic acids is 2. The van der Waals surface area contributed by atoms with E-state index in [4.69, 9.17) is 9.47 Å². The largest absolute Gasteiger partial charge is 0.492 e. The van der Waals surface area contributed by atoms with Crippen LogP contribution in [0.1, 0.15) is 41.3 Å². The zero-order valence-corrected chi connectivity index (χ0v) is 20.2. The maximum absolute atomic E-state index is 12.7. The molecule has 0 fully saturated rings. The molecule has 172 valence electrons. The van der Waals surface area contributed by atoms with Crippen molar-refractivity contribution in [1.82, 2.24) is 10.9 Å². The summed E-state index contributed by atoms with van der Waals surface area (Å²) in [5.41, 5.74) is 7.29. The van der Waals surface area contributed by atoms with Gasteiger partial charge < -0.3 is 9.47 Å². The first-order valence-corrected chi connectivity index (χ1v) is 11.5. The quantitative estimate of drug-likeness (QED) is 0.395. The minimum absolute atomic E-state index is 0.219. The second kappa shape index (κ2) is 12.1. The van der Waals surface area contributed by atoms with Crippen molar-refractivity contribution in [2.24, 2.45) is 0 Å². The van der Waals surface area contributed by atoms with Crippen LogP contribution >= 0.6 is 15.9 Å². The number of halogens is 1. The van der Waals surface area contributed by atoms with Crippen molar-refractivity contribution in [3.63, 3.8) is 0 Å². The minimum atomic E-state index is -0.484. The van der Waals surface area contributed by atoms with Gasteiger partial charge in [-0.15, -0.1) is 0 Å². The summed E-state index contributed by atoms with van der Waals surface area (Å²) in [6.45, 7) is 4.31. The maximum atomic E-state index is 12.7. The van der Waals surface area contributed by atoms with Crippen LogP contribution in [-0.4, -0.2) is 25.0 Å². The van der Waals surface area contributed by atoms with Gasteiger partial charge in [0.05, 0.1) is 12.2 Å². The predicted molar refractivity (Wildman–Crippen MR) is 131 cm³/mol. The molecule has 0 saturated heterocycles. The Balaban J connectivity index is 1.54. The van der Waals surface area contributed by atoms with Gasteiger partial charge in [0.1, 0.15) is 11.5 Å². The molecule has 0 bridgehead atoms. The minimum Gasteiger partial charge on any atom is -0.492 e. The van der Waals surface area contributed by atoms with E-state index in [0.29, 0.717) is 30.1 Å². The van der Waals surface area contributed by atoms with Crippen LogP contribution in [0.2, 0.25) is 0 Å². The number of ether oxygens (including phenoxy) is 2. The summed E-state index contributed by atoms with van der Waals surface area (Å²) >= 11 is 3.38. The van der Waals surface area contributed by atoms with Gasteiger partial charge in [-0.1, -0.05) is 78.3 Å². The molecule has 0 unspecified atom stereocenters. The topological polar surface area (TPSA) is 76.7 Å². The molecule has 3 rings (SSSR count). The molecular weight excluding hydrogens is 484 g/mol. The summed E-state index contributed by atoms with van der Waals surface area (Å²) < 4.78 is 12.2. The summed E-state index contributed by atoms with van der Waals surface area (Å²) in [6, 6.07) is 22.7. The summed E-state index contributed by atoms with van der Waals surface area (Å²) in [5.74, 6) is 0.393. The van der Waals surface area contributed by atoms with Crippen LogP contribution in [0.15, 0.2) is 77.3 Å². The molecule has 2 amide bonds. The van der Waals surface area contributed by atoms with Gasteiger partial charge in [0, 0.05) is 10.9 Å². The van der Waals surface area contributed by atoms with E-state index in [9.17, 15) is 9.59 Å². The number of hydrazine groups is 1. The van der Waals surface area contributed by atoms with Gasteiger partial charge in [-0.05, 0) is 41.3 Å². The zero-order chi connectivity index (χ0) is 23.6. The first-order valence-electron chi connectivity index (χ1n) is 10.7. The number of rotatable bonds is 9. The van der Waals surface area contributed by atoms with E-state index in [-0.39, 0.29) is 12.5 Å². The van der Waals surface area contributed by atoms with Crippen LogP contribution in [0.4, 0.5) is 0 Å². The van der Waals surface area contributed by atoms with Gasteiger partial charge in [-0.3, -0.25) is 20.4 Å². The highest BCUT2D eigenvalue weighted by atomic mass is 79.9. The van der Waals surface area contributed by atoms with Crippen molar-refractivity contribution < 1.29 is 19.1 Å². The molecule has 0 saturated carbocycles. The molecule has 3 aromatic rings. The summed E-state index contributed by atoms with van der Waals surface area (Å²) in [7, 11) is 0. The fourth-order valence-electron chi connectivity index (χ4n) is 3.19. The van der Waals surface area contributed by atoms with E-state index in [2.05, 4.69) is 40.6 Å². The molecule has 3 aromatic carbocycles. The van der Waals surface area contributed by atoms with E-state index in [1.165, 1.54) is 0 Å². The van der Waals surface area contributed by atoms with Crippen molar-refractivity contribution >= 4 is 27.7 Å². The second-order valence-corrected chi connectivity index (χ2v) is 8.62. The number of amides is 2. The third-order valence-electron chi connectivity index (χ3n) is 4.89. The SMILES string of the molecule is CC(C)c1ccccc1OCC(=O)NNC(=O)c1cc(Br)ccc1OCCc1ccccc1. The van der Waals surface area contributed by atoms with Gasteiger partial charge in [0.2, 0.25) is 0 Å². The Morgan fingerprint density at radius 1 is 0.879 bits per heavy atom. The number of para-hydroxylation sites is 1. The Morgan fingerprint density at radius 2 is 1.61 bits per heavy atom. The summed E-state index contributed by atoms with van der Waals surface area (Å²) in [5, 5.41) is 0. The van der Waals surface area contributed by atoms with Gasteiger partial charge in [-0.2, -0.15) is 0 Å². The third kappa shape index (κ3) is 7.36. The lowest BCUT2D eigenvalue weighted by molar-refractivity contribution is -0.123. The third-order valence-corrected chi connectivity index (χ3v) is 5.39. The first-order chi connectivity index (χ1) is 15.9. The molecule has 6 nitrogen and oxygen atoms in total. The highest BCUT2D eigenvalue weighted by Crippen LogP contribution is 2.26. The van der Waals surface area contributed by atoms with Crippen molar-refractivity contribution in [1.29, 1.82) is 0 Å². The lowest BCUT2D eigenvalue weighted by Crippen LogP contribution is -2.44. The Hall–Kier alpha value is -3.32. The average molecular weight is 511 g/mol. The molecule has 2 N–H and O–H groups in total. The number of carbonyl (C=O) groups is 2. The molecule has 0 heterocycles. The maximum Gasteiger partial charge on any atom is 0.276 e. The van der Waals surface area contributed by atoms with Gasteiger partial charge >= 0.3 is 0 Å². The van der Waals surface area contributed by atoms with E-state index in [0.717, 1.165) is 15.6 Å². The van der Waals surface area contributed by atoms with Crippen LogP contribution in [0.5, 0.6) is 11.5 Å². The second-order valence-electron chi connectivity index (χ2n) is 7.71. The van der Waals surface area contributed by atoms with Gasteiger partial charge in [-0.25, -0.2) is 0 Å².